The number of rotatable bonds is 8. The normalized spacial score (nSPS) is 27.0. The summed E-state index contributed by atoms with van der Waals surface area (Å²) in [5.74, 6) is -1.65. The van der Waals surface area contributed by atoms with Crippen molar-refractivity contribution in [2.45, 2.75) is 77.0 Å². The van der Waals surface area contributed by atoms with Crippen LogP contribution >= 0.6 is 0 Å². The van der Waals surface area contributed by atoms with Crippen molar-refractivity contribution < 1.29 is 24.5 Å². The summed E-state index contributed by atoms with van der Waals surface area (Å²) < 4.78 is 11.5. The first-order valence-corrected chi connectivity index (χ1v) is 7.25. The van der Waals surface area contributed by atoms with Crippen LogP contribution in [-0.4, -0.2) is 40.3 Å². The lowest BCUT2D eigenvalue weighted by molar-refractivity contribution is -0.143. The first-order chi connectivity index (χ1) is 9.30. The Morgan fingerprint density at radius 2 is 2.00 bits per heavy atom. The molecular formula is C15H26O5. The molecule has 0 aromatic heterocycles. The average Bonchev–Trinajstić information content (AvgIpc) is 2.60. The Labute approximate surface area is 120 Å². The van der Waals surface area contributed by atoms with Crippen LogP contribution in [0.4, 0.5) is 0 Å². The van der Waals surface area contributed by atoms with Gasteiger partial charge in [0.25, 0.3) is 0 Å². The Hall–Kier alpha value is -0.910. The highest BCUT2D eigenvalue weighted by Crippen LogP contribution is 2.31. The van der Waals surface area contributed by atoms with Gasteiger partial charge in [0.15, 0.2) is 5.79 Å². The maximum absolute atomic E-state index is 10.6. The minimum absolute atomic E-state index is 0.104. The fourth-order valence-corrected chi connectivity index (χ4v) is 2.39. The molecule has 0 spiro atoms. The number of carbonyl (C=O) groups is 1. The van der Waals surface area contributed by atoms with E-state index in [4.69, 9.17) is 14.6 Å². The van der Waals surface area contributed by atoms with Crippen LogP contribution in [0.1, 0.15) is 52.9 Å². The number of ether oxygens (including phenoxy) is 2. The lowest BCUT2D eigenvalue weighted by Crippen LogP contribution is -2.21. The van der Waals surface area contributed by atoms with E-state index >= 15 is 0 Å². The minimum Gasteiger partial charge on any atom is -0.478 e. The Balaban J connectivity index is 2.38. The molecule has 1 rings (SSSR count). The van der Waals surface area contributed by atoms with Crippen molar-refractivity contribution in [3.8, 4) is 0 Å². The van der Waals surface area contributed by atoms with E-state index in [1.807, 2.05) is 13.8 Å². The molecule has 1 aliphatic rings. The number of aliphatic hydroxyl groups excluding tert-OH is 1. The van der Waals surface area contributed by atoms with Gasteiger partial charge in [-0.05, 0) is 39.7 Å². The number of unbranched alkanes of at least 4 members (excludes halogenated alkanes) is 2. The molecule has 0 aromatic rings. The first kappa shape index (κ1) is 17.1. The van der Waals surface area contributed by atoms with Gasteiger partial charge in [-0.3, -0.25) is 0 Å². The van der Waals surface area contributed by atoms with Crippen LogP contribution in [0.2, 0.25) is 0 Å². The maximum atomic E-state index is 10.6. The van der Waals surface area contributed by atoms with Gasteiger partial charge in [0.1, 0.15) is 6.10 Å². The zero-order valence-corrected chi connectivity index (χ0v) is 12.5. The Bertz CT molecular complexity index is 335. The summed E-state index contributed by atoms with van der Waals surface area (Å²) in [6.07, 6.45) is 6.65. The van der Waals surface area contributed by atoms with Gasteiger partial charge in [-0.1, -0.05) is 19.3 Å². The molecule has 3 atom stereocenters. The van der Waals surface area contributed by atoms with Crippen LogP contribution in [0.25, 0.3) is 0 Å². The van der Waals surface area contributed by atoms with E-state index in [2.05, 4.69) is 0 Å². The van der Waals surface area contributed by atoms with Crippen molar-refractivity contribution in [1.29, 1.82) is 0 Å². The van der Waals surface area contributed by atoms with Gasteiger partial charge in [-0.15, -0.1) is 0 Å². The number of carboxylic acids is 1. The van der Waals surface area contributed by atoms with Crippen LogP contribution in [0.15, 0.2) is 12.2 Å². The number of aliphatic hydroxyl groups is 1. The fourth-order valence-electron chi connectivity index (χ4n) is 2.39. The smallest absolute Gasteiger partial charge is 0.328 e. The van der Waals surface area contributed by atoms with E-state index in [-0.39, 0.29) is 18.3 Å². The van der Waals surface area contributed by atoms with Gasteiger partial charge in [-0.25, -0.2) is 4.79 Å². The topological polar surface area (TPSA) is 76.0 Å². The molecule has 5 nitrogen and oxygen atoms in total. The van der Waals surface area contributed by atoms with Gasteiger partial charge >= 0.3 is 5.97 Å². The van der Waals surface area contributed by atoms with Crippen molar-refractivity contribution in [3.05, 3.63) is 12.2 Å². The van der Waals surface area contributed by atoms with Crippen LogP contribution in [0.3, 0.4) is 0 Å². The van der Waals surface area contributed by atoms with Crippen LogP contribution in [0.5, 0.6) is 0 Å². The summed E-state index contributed by atoms with van der Waals surface area (Å²) in [6.45, 7) is 5.47. The highest BCUT2D eigenvalue weighted by atomic mass is 16.7. The van der Waals surface area contributed by atoms with Crippen LogP contribution in [0, 0.1) is 0 Å². The van der Waals surface area contributed by atoms with E-state index in [0.717, 1.165) is 38.2 Å². The third-order valence-corrected chi connectivity index (χ3v) is 3.26. The van der Waals surface area contributed by atoms with E-state index < -0.39 is 11.8 Å². The molecule has 0 saturated carbocycles. The molecule has 1 fully saturated rings. The Morgan fingerprint density at radius 3 is 2.60 bits per heavy atom. The third-order valence-electron chi connectivity index (χ3n) is 3.26. The Kier molecular flexibility index (Phi) is 6.65. The molecule has 1 heterocycles. The standard InChI is InChI=1S/C15H26O5/c1-11(16)7-5-4-6-8-12-13(9-10-14(17)18)20-15(2,3)19-12/h9-13,16H,4-8H2,1-3H3,(H,17,18)/b10-9-/t11-,12-,13-/m0/s1. The van der Waals surface area contributed by atoms with E-state index in [9.17, 15) is 9.90 Å². The number of aliphatic carboxylic acids is 1. The molecule has 116 valence electrons. The van der Waals surface area contributed by atoms with E-state index in [1.165, 1.54) is 0 Å². The van der Waals surface area contributed by atoms with Gasteiger partial charge in [0.2, 0.25) is 0 Å². The SMILES string of the molecule is C[C@H](O)CCCCC[C@@H]1OC(C)(C)O[C@H]1/C=C\C(=O)O. The zero-order chi connectivity index (χ0) is 15.2. The summed E-state index contributed by atoms with van der Waals surface area (Å²) in [5.41, 5.74) is 0. The van der Waals surface area contributed by atoms with E-state index in [1.54, 1.807) is 13.0 Å². The molecule has 1 saturated heterocycles. The first-order valence-electron chi connectivity index (χ1n) is 7.25. The highest BCUT2D eigenvalue weighted by molar-refractivity contribution is 5.79. The lowest BCUT2D eigenvalue weighted by atomic mass is 10.0. The van der Waals surface area contributed by atoms with Gasteiger partial charge in [0.05, 0.1) is 12.2 Å². The van der Waals surface area contributed by atoms with Crippen molar-refractivity contribution in [3.63, 3.8) is 0 Å². The summed E-state index contributed by atoms with van der Waals surface area (Å²) in [6, 6.07) is 0. The highest BCUT2D eigenvalue weighted by Gasteiger charge is 2.39. The molecule has 0 amide bonds. The number of carboxylic acid groups (broad SMARTS) is 1. The van der Waals surface area contributed by atoms with Gasteiger partial charge in [-0.2, -0.15) is 0 Å². The molecule has 0 aliphatic carbocycles. The summed E-state index contributed by atoms with van der Waals surface area (Å²) >= 11 is 0. The molecule has 0 aromatic carbocycles. The predicted octanol–water partition coefficient (Wildman–Crippen LogP) is 2.48. The number of hydrogen-bond acceptors (Lipinski definition) is 4. The third kappa shape index (κ3) is 6.50. The largest absolute Gasteiger partial charge is 0.478 e. The molecule has 0 unspecified atom stereocenters. The molecule has 0 radical (unpaired) electrons. The monoisotopic (exact) mass is 286 g/mol. The second-order valence-corrected chi connectivity index (χ2v) is 5.82. The van der Waals surface area contributed by atoms with Gasteiger partial charge in [0, 0.05) is 6.08 Å². The quantitative estimate of drug-likeness (QED) is 0.529. The summed E-state index contributed by atoms with van der Waals surface area (Å²) in [7, 11) is 0. The van der Waals surface area contributed by atoms with Crippen molar-refractivity contribution >= 4 is 5.97 Å². The molecule has 20 heavy (non-hydrogen) atoms. The van der Waals surface area contributed by atoms with Crippen molar-refractivity contribution in [1.82, 2.24) is 0 Å². The van der Waals surface area contributed by atoms with E-state index in [0.29, 0.717) is 0 Å². The Morgan fingerprint density at radius 1 is 1.30 bits per heavy atom. The fraction of sp³-hybridized carbons (Fsp3) is 0.800. The molecule has 0 bridgehead atoms. The van der Waals surface area contributed by atoms with Crippen LogP contribution < -0.4 is 0 Å². The van der Waals surface area contributed by atoms with Crippen molar-refractivity contribution in [2.24, 2.45) is 0 Å². The molecule has 2 N–H and O–H groups in total. The average molecular weight is 286 g/mol. The van der Waals surface area contributed by atoms with Crippen LogP contribution in [-0.2, 0) is 14.3 Å². The molecule has 1 aliphatic heterocycles. The second-order valence-electron chi connectivity index (χ2n) is 5.82. The lowest BCUT2D eigenvalue weighted by Gasteiger charge is -2.16. The second kappa shape index (κ2) is 7.76. The maximum Gasteiger partial charge on any atom is 0.328 e. The molecule has 5 heteroatoms. The van der Waals surface area contributed by atoms with Gasteiger partial charge < -0.3 is 19.7 Å². The summed E-state index contributed by atoms with van der Waals surface area (Å²) in [5, 5.41) is 17.9. The van der Waals surface area contributed by atoms with Crippen molar-refractivity contribution in [2.75, 3.05) is 0 Å². The zero-order valence-electron chi connectivity index (χ0n) is 12.5. The number of hydrogen-bond donors (Lipinski definition) is 2. The molecular weight excluding hydrogens is 260 g/mol. The minimum atomic E-state index is -0.978. The predicted molar refractivity (Wildman–Crippen MR) is 75.4 cm³/mol. The summed E-state index contributed by atoms with van der Waals surface area (Å²) in [4.78, 5) is 10.6.